The molecular weight excluding hydrogens is 380 g/mol. The largest absolute Gasteiger partial charge is 0.491 e. The second-order valence-corrected chi connectivity index (χ2v) is 8.50. The second-order valence-electron chi connectivity index (χ2n) is 8.50. The van der Waals surface area contributed by atoms with E-state index in [4.69, 9.17) is 9.47 Å². The highest BCUT2D eigenvalue weighted by molar-refractivity contribution is 6.35. The monoisotopic (exact) mass is 414 g/mol. The van der Waals surface area contributed by atoms with Gasteiger partial charge in [0.1, 0.15) is 11.4 Å². The first-order valence-electron chi connectivity index (χ1n) is 11.1. The van der Waals surface area contributed by atoms with Gasteiger partial charge in [-0.05, 0) is 71.1 Å². The van der Waals surface area contributed by atoms with Gasteiger partial charge in [0.05, 0.1) is 17.8 Å². The number of hydrogen-bond acceptors (Lipinski definition) is 5. The van der Waals surface area contributed by atoms with Crippen LogP contribution in [0.1, 0.15) is 58.9 Å². The maximum Gasteiger partial charge on any atom is 0.277 e. The Morgan fingerprint density at radius 3 is 2.17 bits per heavy atom. The lowest BCUT2D eigenvalue weighted by atomic mass is 10.0. The van der Waals surface area contributed by atoms with Crippen LogP contribution >= 0.6 is 0 Å². The van der Waals surface area contributed by atoms with E-state index < -0.39 is 0 Å². The molecule has 1 aromatic carbocycles. The highest BCUT2D eigenvalue weighted by atomic mass is 16.5. The molecule has 1 aromatic rings. The van der Waals surface area contributed by atoms with Gasteiger partial charge >= 0.3 is 0 Å². The van der Waals surface area contributed by atoms with Gasteiger partial charge in [-0.1, -0.05) is 12.1 Å². The first-order valence-corrected chi connectivity index (χ1v) is 11.1. The summed E-state index contributed by atoms with van der Waals surface area (Å²) >= 11 is 0. The van der Waals surface area contributed by atoms with E-state index in [9.17, 15) is 9.59 Å². The van der Waals surface area contributed by atoms with Crippen molar-refractivity contribution in [1.29, 1.82) is 0 Å². The lowest BCUT2D eigenvalue weighted by Crippen LogP contribution is -2.38. The van der Waals surface area contributed by atoms with Crippen LogP contribution in [0.2, 0.25) is 0 Å². The number of likely N-dealkylation sites (tertiary alicyclic amines) is 1. The number of ether oxygens (including phenoxy) is 2. The lowest BCUT2D eigenvalue weighted by molar-refractivity contribution is -0.137. The second kappa shape index (κ2) is 10.1. The van der Waals surface area contributed by atoms with Gasteiger partial charge in [-0.2, -0.15) is 0 Å². The molecule has 0 unspecified atom stereocenters. The summed E-state index contributed by atoms with van der Waals surface area (Å²) in [5.74, 6) is 0.375. The van der Waals surface area contributed by atoms with Gasteiger partial charge in [0.25, 0.3) is 11.8 Å². The van der Waals surface area contributed by atoms with Gasteiger partial charge in [0.15, 0.2) is 0 Å². The number of hydrogen-bond donors (Lipinski definition) is 0. The minimum Gasteiger partial charge on any atom is -0.491 e. The predicted molar refractivity (Wildman–Crippen MR) is 117 cm³/mol. The number of benzene rings is 1. The molecule has 0 aromatic heterocycles. The Balaban J connectivity index is 1.85. The first kappa shape index (κ1) is 22.3. The van der Waals surface area contributed by atoms with E-state index in [0.717, 1.165) is 37.2 Å². The molecule has 164 valence electrons. The molecule has 1 saturated heterocycles. The quantitative estimate of drug-likeness (QED) is 0.454. The smallest absolute Gasteiger partial charge is 0.277 e. The van der Waals surface area contributed by atoms with E-state index >= 15 is 0 Å². The molecule has 2 heterocycles. The van der Waals surface area contributed by atoms with Crippen LogP contribution in [0, 0.1) is 0 Å². The Hall–Kier alpha value is -2.34. The summed E-state index contributed by atoms with van der Waals surface area (Å²) in [6.45, 7) is 10.5. The topological polar surface area (TPSA) is 59.1 Å². The molecule has 1 fully saturated rings. The summed E-state index contributed by atoms with van der Waals surface area (Å²) in [7, 11) is 0. The molecule has 0 radical (unpaired) electrons. The van der Waals surface area contributed by atoms with Crippen molar-refractivity contribution in [3.05, 3.63) is 35.5 Å². The fourth-order valence-electron chi connectivity index (χ4n) is 3.95. The minimum absolute atomic E-state index is 0.0808. The third-order valence-corrected chi connectivity index (χ3v) is 5.31. The van der Waals surface area contributed by atoms with E-state index in [1.165, 1.54) is 11.3 Å². The van der Waals surface area contributed by atoms with Crippen LogP contribution in [0.25, 0.3) is 5.57 Å². The van der Waals surface area contributed by atoms with Crippen LogP contribution < -0.4 is 4.74 Å². The molecule has 2 amide bonds. The third kappa shape index (κ3) is 5.22. The van der Waals surface area contributed by atoms with Crippen LogP contribution in [0.3, 0.4) is 0 Å². The third-order valence-electron chi connectivity index (χ3n) is 5.31. The summed E-state index contributed by atoms with van der Waals surface area (Å²) in [4.78, 5) is 30.1. The molecule has 6 nitrogen and oxygen atoms in total. The van der Waals surface area contributed by atoms with Crippen molar-refractivity contribution in [3.63, 3.8) is 0 Å². The number of carbonyl (C=O) groups excluding carboxylic acids is 2. The SMILES string of the molecule is CC(C)OCCCN1C(=O)C(c2ccc(OC(C)C)cc2)=C(N2CCCCC2)C1=O. The first-order chi connectivity index (χ1) is 14.4. The Labute approximate surface area is 179 Å². The summed E-state index contributed by atoms with van der Waals surface area (Å²) in [5.41, 5.74) is 1.84. The Morgan fingerprint density at radius 2 is 1.57 bits per heavy atom. The molecule has 0 saturated carbocycles. The van der Waals surface area contributed by atoms with E-state index in [2.05, 4.69) is 4.90 Å². The molecule has 6 heteroatoms. The zero-order valence-corrected chi connectivity index (χ0v) is 18.6. The summed E-state index contributed by atoms with van der Waals surface area (Å²) in [6, 6.07) is 7.50. The number of amides is 2. The zero-order chi connectivity index (χ0) is 21.7. The fraction of sp³-hybridized carbons (Fsp3) is 0.583. The molecule has 3 rings (SSSR count). The highest BCUT2D eigenvalue weighted by Crippen LogP contribution is 2.34. The van der Waals surface area contributed by atoms with Crippen molar-refractivity contribution < 1.29 is 19.1 Å². The van der Waals surface area contributed by atoms with Crippen molar-refractivity contribution in [1.82, 2.24) is 9.80 Å². The molecule has 2 aliphatic rings. The number of piperidine rings is 1. The van der Waals surface area contributed by atoms with Crippen LogP contribution in [0.5, 0.6) is 5.75 Å². The molecule has 0 atom stereocenters. The maximum atomic E-state index is 13.3. The van der Waals surface area contributed by atoms with Gasteiger partial charge < -0.3 is 14.4 Å². The van der Waals surface area contributed by atoms with Gasteiger partial charge in [0.2, 0.25) is 0 Å². The van der Waals surface area contributed by atoms with Crippen LogP contribution in [-0.4, -0.2) is 60.1 Å². The van der Waals surface area contributed by atoms with Gasteiger partial charge in [-0.25, -0.2) is 0 Å². The molecule has 0 bridgehead atoms. The van der Waals surface area contributed by atoms with Gasteiger partial charge in [-0.15, -0.1) is 0 Å². The minimum atomic E-state index is -0.206. The number of carbonyl (C=O) groups is 2. The molecule has 30 heavy (non-hydrogen) atoms. The zero-order valence-electron chi connectivity index (χ0n) is 18.6. The molecule has 0 N–H and O–H groups in total. The van der Waals surface area contributed by atoms with Crippen molar-refractivity contribution >= 4 is 17.4 Å². The van der Waals surface area contributed by atoms with E-state index in [1.54, 1.807) is 0 Å². The van der Waals surface area contributed by atoms with Crippen molar-refractivity contribution in [2.24, 2.45) is 0 Å². The van der Waals surface area contributed by atoms with E-state index in [-0.39, 0.29) is 24.0 Å². The predicted octanol–water partition coefficient (Wildman–Crippen LogP) is 3.85. The highest BCUT2D eigenvalue weighted by Gasteiger charge is 2.41. The lowest BCUT2D eigenvalue weighted by Gasteiger charge is -2.29. The summed E-state index contributed by atoms with van der Waals surface area (Å²) < 4.78 is 11.3. The molecular formula is C24H34N2O4. The Kier molecular flexibility index (Phi) is 7.53. The average molecular weight is 415 g/mol. The van der Waals surface area contributed by atoms with Crippen molar-refractivity contribution in [2.45, 2.75) is 65.6 Å². The molecule has 2 aliphatic heterocycles. The summed E-state index contributed by atoms with van der Waals surface area (Å²) in [5, 5.41) is 0. The molecule has 0 spiro atoms. The van der Waals surface area contributed by atoms with Crippen LogP contribution in [-0.2, 0) is 14.3 Å². The molecule has 0 aliphatic carbocycles. The number of nitrogens with zero attached hydrogens (tertiary/aromatic N) is 2. The Bertz CT molecular complexity index is 777. The van der Waals surface area contributed by atoms with E-state index in [1.807, 2.05) is 52.0 Å². The average Bonchev–Trinajstić information content (AvgIpc) is 2.96. The van der Waals surface area contributed by atoms with Crippen molar-refractivity contribution in [3.8, 4) is 5.75 Å². The standard InChI is InChI=1S/C24H34N2O4/c1-17(2)29-16-8-15-26-23(27)21(19-9-11-20(12-10-19)30-18(3)4)22(24(26)28)25-13-6-5-7-14-25/h9-12,17-18H,5-8,13-16H2,1-4H3. The number of rotatable bonds is 9. The number of imide groups is 1. The normalized spacial score (nSPS) is 17.7. The maximum absolute atomic E-state index is 13.3. The fourth-order valence-corrected chi connectivity index (χ4v) is 3.95. The van der Waals surface area contributed by atoms with Crippen LogP contribution in [0.4, 0.5) is 0 Å². The van der Waals surface area contributed by atoms with Gasteiger partial charge in [-0.3, -0.25) is 14.5 Å². The Morgan fingerprint density at radius 1 is 0.900 bits per heavy atom. The van der Waals surface area contributed by atoms with Gasteiger partial charge in [0, 0.05) is 26.2 Å². The van der Waals surface area contributed by atoms with Crippen molar-refractivity contribution in [2.75, 3.05) is 26.2 Å². The summed E-state index contributed by atoms with van der Waals surface area (Å²) in [6.07, 6.45) is 4.11. The van der Waals surface area contributed by atoms with E-state index in [0.29, 0.717) is 30.8 Å². The van der Waals surface area contributed by atoms with Crippen LogP contribution in [0.15, 0.2) is 30.0 Å².